The second kappa shape index (κ2) is 8.04. The first-order chi connectivity index (χ1) is 16.7. The molecule has 5 aromatic carbocycles. The van der Waals surface area contributed by atoms with Gasteiger partial charge in [-0.15, -0.1) is 0 Å². The van der Waals surface area contributed by atoms with Crippen LogP contribution in [0.1, 0.15) is 30.7 Å². The number of allylic oxidation sites excluding steroid dienone is 1. The summed E-state index contributed by atoms with van der Waals surface area (Å²) in [6.45, 7) is 8.48. The molecule has 0 amide bonds. The first-order valence-corrected chi connectivity index (χ1v) is 12.0. The summed E-state index contributed by atoms with van der Waals surface area (Å²) >= 11 is 0. The van der Waals surface area contributed by atoms with E-state index < -0.39 is 0 Å². The highest BCUT2D eigenvalue weighted by molar-refractivity contribution is 6.25. The van der Waals surface area contributed by atoms with Crippen LogP contribution in [-0.4, -0.2) is 4.57 Å². The normalized spacial score (nSPS) is 11.9. The predicted octanol–water partition coefficient (Wildman–Crippen LogP) is 9.33. The van der Waals surface area contributed by atoms with E-state index in [2.05, 4.69) is 122 Å². The van der Waals surface area contributed by atoms with Gasteiger partial charge in [0.05, 0.1) is 11.2 Å². The summed E-state index contributed by atoms with van der Waals surface area (Å²) in [6, 6.07) is 31.2. The molecule has 0 saturated heterocycles. The highest BCUT2D eigenvalue weighted by Gasteiger charge is 2.16. The first-order valence-electron chi connectivity index (χ1n) is 12.0. The lowest BCUT2D eigenvalue weighted by atomic mass is 9.94. The number of hydrogen-bond donors (Lipinski definition) is 0. The fourth-order valence-corrected chi connectivity index (χ4v) is 5.46. The van der Waals surface area contributed by atoms with E-state index in [0.717, 1.165) is 17.8 Å². The first kappa shape index (κ1) is 20.5. The maximum absolute atomic E-state index is 4.20. The molecule has 0 radical (unpaired) electrons. The zero-order chi connectivity index (χ0) is 23.2. The smallest absolute Gasteiger partial charge is 0.0541 e. The molecule has 6 aromatic rings. The summed E-state index contributed by atoms with van der Waals surface area (Å²) in [5, 5.41) is 9.03. The Morgan fingerprint density at radius 3 is 1.91 bits per heavy atom. The molecular weight excluding hydrogens is 410 g/mol. The number of aryl methyl sites for hydroxylation is 1. The summed E-state index contributed by atoms with van der Waals surface area (Å²) in [6.07, 6.45) is 7.34. The molecule has 0 saturated carbocycles. The van der Waals surface area contributed by atoms with Crippen molar-refractivity contribution in [2.75, 3.05) is 0 Å². The van der Waals surface area contributed by atoms with E-state index in [9.17, 15) is 0 Å². The van der Waals surface area contributed by atoms with Gasteiger partial charge in [0.25, 0.3) is 0 Å². The van der Waals surface area contributed by atoms with Crippen molar-refractivity contribution in [3.63, 3.8) is 0 Å². The van der Waals surface area contributed by atoms with Gasteiger partial charge >= 0.3 is 0 Å². The van der Waals surface area contributed by atoms with Crippen molar-refractivity contribution in [2.24, 2.45) is 0 Å². The van der Waals surface area contributed by atoms with Gasteiger partial charge in [-0.3, -0.25) is 0 Å². The standard InChI is InChI=1S/C33H27N/c1-4-11-29-31-20-22(5-2)16-19-33(31)34(32(29)6-3)23-17-18-28-26-14-8-7-12-24(26)25-13-9-10-15-27(25)30(28)21-23/h4,6-21H,3,5H2,1-2H3/b11-4-. The minimum absolute atomic E-state index is 1.02. The van der Waals surface area contributed by atoms with Gasteiger partial charge in [-0.05, 0) is 81.6 Å². The molecule has 1 aromatic heterocycles. The zero-order valence-corrected chi connectivity index (χ0v) is 19.7. The number of fused-ring (bicyclic) bond motifs is 7. The van der Waals surface area contributed by atoms with Crippen LogP contribution in [0.2, 0.25) is 0 Å². The molecule has 0 aliphatic heterocycles. The molecule has 0 aliphatic rings. The largest absolute Gasteiger partial charge is 0.309 e. The molecule has 0 spiro atoms. The van der Waals surface area contributed by atoms with Crippen molar-refractivity contribution in [1.82, 2.24) is 4.57 Å². The average molecular weight is 438 g/mol. The number of rotatable bonds is 4. The molecule has 0 N–H and O–H groups in total. The summed E-state index contributed by atoms with van der Waals surface area (Å²) < 4.78 is 2.36. The van der Waals surface area contributed by atoms with Gasteiger partial charge in [-0.2, -0.15) is 0 Å². The van der Waals surface area contributed by atoms with Crippen molar-refractivity contribution < 1.29 is 0 Å². The molecule has 6 rings (SSSR count). The Labute approximate surface area is 200 Å². The molecule has 1 heteroatoms. The molecule has 0 bridgehead atoms. The molecule has 0 aliphatic carbocycles. The van der Waals surface area contributed by atoms with Crippen LogP contribution in [0.3, 0.4) is 0 Å². The van der Waals surface area contributed by atoms with Crippen LogP contribution >= 0.6 is 0 Å². The van der Waals surface area contributed by atoms with Crippen LogP contribution in [0.5, 0.6) is 0 Å². The molecule has 164 valence electrons. The lowest BCUT2D eigenvalue weighted by Gasteiger charge is -2.14. The molecular formula is C33H27N. The number of hydrogen-bond acceptors (Lipinski definition) is 0. The second-order valence-electron chi connectivity index (χ2n) is 8.86. The van der Waals surface area contributed by atoms with E-state index in [1.807, 2.05) is 6.08 Å². The molecule has 0 atom stereocenters. The minimum atomic E-state index is 1.02. The van der Waals surface area contributed by atoms with Crippen molar-refractivity contribution >= 4 is 55.4 Å². The molecule has 34 heavy (non-hydrogen) atoms. The molecule has 1 heterocycles. The molecule has 0 unspecified atom stereocenters. The Morgan fingerprint density at radius 1 is 0.706 bits per heavy atom. The third-order valence-corrected chi connectivity index (χ3v) is 7.03. The van der Waals surface area contributed by atoms with Crippen LogP contribution in [0.25, 0.3) is 61.1 Å². The minimum Gasteiger partial charge on any atom is -0.309 e. The lowest BCUT2D eigenvalue weighted by Crippen LogP contribution is -1.97. The van der Waals surface area contributed by atoms with Crippen LogP contribution in [-0.2, 0) is 6.42 Å². The summed E-state index contributed by atoms with van der Waals surface area (Å²) in [4.78, 5) is 0. The van der Waals surface area contributed by atoms with Crippen LogP contribution in [0.4, 0.5) is 0 Å². The fraction of sp³-hybridized carbons (Fsp3) is 0.0909. The fourth-order valence-electron chi connectivity index (χ4n) is 5.46. The Morgan fingerprint density at radius 2 is 1.32 bits per heavy atom. The number of nitrogens with zero attached hydrogens (tertiary/aromatic N) is 1. The quantitative estimate of drug-likeness (QED) is 0.242. The van der Waals surface area contributed by atoms with E-state index in [-0.39, 0.29) is 0 Å². The topological polar surface area (TPSA) is 4.93 Å². The Hall–Kier alpha value is -4.10. The summed E-state index contributed by atoms with van der Waals surface area (Å²) in [5.41, 5.74) is 6.08. The molecule has 1 nitrogen and oxygen atoms in total. The van der Waals surface area contributed by atoms with Gasteiger partial charge in [0.2, 0.25) is 0 Å². The second-order valence-corrected chi connectivity index (χ2v) is 8.86. The van der Waals surface area contributed by atoms with E-state index in [1.165, 1.54) is 54.3 Å². The Balaban J connectivity index is 1.74. The monoisotopic (exact) mass is 437 g/mol. The van der Waals surface area contributed by atoms with Crippen LogP contribution < -0.4 is 0 Å². The van der Waals surface area contributed by atoms with E-state index in [4.69, 9.17) is 0 Å². The average Bonchev–Trinajstić information content (AvgIpc) is 3.21. The molecule has 0 fully saturated rings. The van der Waals surface area contributed by atoms with Crippen molar-refractivity contribution in [1.29, 1.82) is 0 Å². The van der Waals surface area contributed by atoms with Crippen molar-refractivity contribution in [2.45, 2.75) is 20.3 Å². The van der Waals surface area contributed by atoms with Crippen molar-refractivity contribution in [3.05, 3.63) is 114 Å². The summed E-state index contributed by atoms with van der Waals surface area (Å²) in [5.74, 6) is 0. The maximum atomic E-state index is 4.20. The summed E-state index contributed by atoms with van der Waals surface area (Å²) in [7, 11) is 0. The van der Waals surface area contributed by atoms with Crippen LogP contribution in [0, 0.1) is 0 Å². The van der Waals surface area contributed by atoms with Gasteiger partial charge in [0, 0.05) is 16.6 Å². The van der Waals surface area contributed by atoms with E-state index >= 15 is 0 Å². The van der Waals surface area contributed by atoms with Gasteiger partial charge in [-0.25, -0.2) is 0 Å². The Bertz CT molecular complexity index is 1730. The predicted molar refractivity (Wildman–Crippen MR) is 150 cm³/mol. The van der Waals surface area contributed by atoms with E-state index in [1.54, 1.807) is 0 Å². The highest BCUT2D eigenvalue weighted by Crippen LogP contribution is 2.38. The van der Waals surface area contributed by atoms with Gasteiger partial charge in [-0.1, -0.05) is 86.3 Å². The maximum Gasteiger partial charge on any atom is 0.0541 e. The SMILES string of the molecule is C=Cc1c(/C=C\C)c2cc(CC)ccc2n1-c1ccc2c3ccccc3c3ccccc3c2c1. The van der Waals surface area contributed by atoms with Crippen LogP contribution in [0.15, 0.2) is 97.6 Å². The zero-order valence-electron chi connectivity index (χ0n) is 19.7. The van der Waals surface area contributed by atoms with Gasteiger partial charge in [0.1, 0.15) is 0 Å². The van der Waals surface area contributed by atoms with E-state index in [0.29, 0.717) is 0 Å². The third kappa shape index (κ3) is 2.94. The number of benzene rings is 5. The van der Waals surface area contributed by atoms with Gasteiger partial charge in [0.15, 0.2) is 0 Å². The third-order valence-electron chi connectivity index (χ3n) is 7.03. The van der Waals surface area contributed by atoms with Gasteiger partial charge < -0.3 is 4.57 Å². The number of aromatic nitrogens is 1. The Kier molecular flexibility index (Phi) is 4.85. The highest BCUT2D eigenvalue weighted by atomic mass is 15.0. The lowest BCUT2D eigenvalue weighted by molar-refractivity contribution is 1.11. The van der Waals surface area contributed by atoms with Crippen molar-refractivity contribution in [3.8, 4) is 5.69 Å².